The SMILES string of the molecule is COc1ccccc1N1CCN(c2ccc(NC(=O)c3ccc(Cl)cc3Cl)cc2C(=O)NCCCN(C)C)CC1. The molecule has 2 amide bonds. The molecule has 0 unspecified atom stereocenters. The first-order valence-electron chi connectivity index (χ1n) is 13.2. The summed E-state index contributed by atoms with van der Waals surface area (Å²) in [5.41, 5.74) is 3.20. The van der Waals surface area contributed by atoms with E-state index in [2.05, 4.69) is 31.4 Å². The second-order valence-corrected chi connectivity index (χ2v) is 10.7. The monoisotopic (exact) mass is 583 g/mol. The van der Waals surface area contributed by atoms with Crippen LogP contribution in [0.3, 0.4) is 0 Å². The predicted molar refractivity (Wildman–Crippen MR) is 164 cm³/mol. The van der Waals surface area contributed by atoms with Crippen LogP contribution < -0.4 is 25.2 Å². The van der Waals surface area contributed by atoms with Crippen molar-refractivity contribution in [2.24, 2.45) is 0 Å². The van der Waals surface area contributed by atoms with Gasteiger partial charge in [-0.05, 0) is 75.6 Å². The number of benzene rings is 3. The fourth-order valence-corrected chi connectivity index (χ4v) is 5.21. The zero-order chi connectivity index (χ0) is 28.6. The molecule has 0 radical (unpaired) electrons. The highest BCUT2D eigenvalue weighted by molar-refractivity contribution is 6.37. The summed E-state index contributed by atoms with van der Waals surface area (Å²) < 4.78 is 5.55. The summed E-state index contributed by atoms with van der Waals surface area (Å²) in [6, 6.07) is 18.1. The van der Waals surface area contributed by atoms with Gasteiger partial charge in [0, 0.05) is 49.1 Å². The van der Waals surface area contributed by atoms with E-state index in [1.54, 1.807) is 25.3 Å². The molecule has 0 atom stereocenters. The van der Waals surface area contributed by atoms with Gasteiger partial charge in [0.2, 0.25) is 0 Å². The molecule has 0 spiro atoms. The van der Waals surface area contributed by atoms with Crippen molar-refractivity contribution in [3.05, 3.63) is 81.8 Å². The zero-order valence-corrected chi connectivity index (χ0v) is 24.6. The molecule has 1 heterocycles. The van der Waals surface area contributed by atoms with Crippen molar-refractivity contribution in [3.63, 3.8) is 0 Å². The number of halogens is 2. The Balaban J connectivity index is 1.53. The standard InChI is InChI=1S/C30H35Cl2N5O3/c1-35(2)14-6-13-33-29(38)24-20-22(34-30(39)23-11-9-21(31)19-25(23)32)10-12-26(24)36-15-17-37(18-16-36)27-7-4-5-8-28(27)40-3/h4-5,7-12,19-20H,6,13-18H2,1-3H3,(H,33,38)(H,34,39). The van der Waals surface area contributed by atoms with Crippen molar-refractivity contribution in [2.45, 2.75) is 6.42 Å². The van der Waals surface area contributed by atoms with Gasteiger partial charge in [-0.1, -0.05) is 35.3 Å². The van der Waals surface area contributed by atoms with Gasteiger partial charge in [-0.2, -0.15) is 0 Å². The Morgan fingerprint density at radius 2 is 1.57 bits per heavy atom. The van der Waals surface area contributed by atoms with Gasteiger partial charge in [-0.15, -0.1) is 0 Å². The molecule has 0 bridgehead atoms. The van der Waals surface area contributed by atoms with Crippen LogP contribution in [-0.4, -0.2) is 77.2 Å². The number of rotatable bonds is 10. The van der Waals surface area contributed by atoms with Gasteiger partial charge in [0.15, 0.2) is 0 Å². The first-order valence-corrected chi connectivity index (χ1v) is 14.0. The van der Waals surface area contributed by atoms with Crippen LogP contribution in [0.5, 0.6) is 5.75 Å². The number of anilines is 3. The van der Waals surface area contributed by atoms with Crippen LogP contribution in [0, 0.1) is 0 Å². The van der Waals surface area contributed by atoms with E-state index in [0.717, 1.165) is 56.3 Å². The number of nitrogens with one attached hydrogen (secondary N) is 2. The fourth-order valence-electron chi connectivity index (χ4n) is 4.72. The highest BCUT2D eigenvalue weighted by Gasteiger charge is 2.24. The topological polar surface area (TPSA) is 77.1 Å². The highest BCUT2D eigenvalue weighted by Crippen LogP contribution is 2.31. The Morgan fingerprint density at radius 1 is 0.875 bits per heavy atom. The molecule has 1 aliphatic heterocycles. The van der Waals surface area contributed by atoms with E-state index in [4.69, 9.17) is 27.9 Å². The molecule has 0 aliphatic carbocycles. The average Bonchev–Trinajstić information content (AvgIpc) is 2.95. The number of ether oxygens (including phenoxy) is 1. The van der Waals surface area contributed by atoms with Crippen LogP contribution in [0.2, 0.25) is 10.0 Å². The van der Waals surface area contributed by atoms with E-state index in [9.17, 15) is 9.59 Å². The van der Waals surface area contributed by atoms with Crippen molar-refractivity contribution in [3.8, 4) is 5.75 Å². The third-order valence-electron chi connectivity index (χ3n) is 6.79. The van der Waals surface area contributed by atoms with E-state index >= 15 is 0 Å². The smallest absolute Gasteiger partial charge is 0.257 e. The number of para-hydroxylation sites is 2. The van der Waals surface area contributed by atoms with E-state index in [-0.39, 0.29) is 16.8 Å². The summed E-state index contributed by atoms with van der Waals surface area (Å²) in [4.78, 5) is 32.9. The third kappa shape index (κ3) is 7.38. The Hall–Kier alpha value is -3.46. The predicted octanol–water partition coefficient (Wildman–Crippen LogP) is 5.26. The minimum absolute atomic E-state index is 0.179. The lowest BCUT2D eigenvalue weighted by Crippen LogP contribution is -2.47. The molecule has 0 aromatic heterocycles. The minimum Gasteiger partial charge on any atom is -0.495 e. The lowest BCUT2D eigenvalue weighted by atomic mass is 10.1. The lowest BCUT2D eigenvalue weighted by Gasteiger charge is -2.38. The van der Waals surface area contributed by atoms with Gasteiger partial charge in [0.25, 0.3) is 11.8 Å². The molecule has 40 heavy (non-hydrogen) atoms. The fraction of sp³-hybridized carbons (Fsp3) is 0.333. The van der Waals surface area contributed by atoms with Crippen LogP contribution in [-0.2, 0) is 0 Å². The maximum Gasteiger partial charge on any atom is 0.257 e. The summed E-state index contributed by atoms with van der Waals surface area (Å²) in [5.74, 6) is 0.286. The highest BCUT2D eigenvalue weighted by atomic mass is 35.5. The maximum absolute atomic E-state index is 13.4. The Bertz CT molecular complexity index is 1340. The number of piperazine rings is 1. The largest absolute Gasteiger partial charge is 0.495 e. The van der Waals surface area contributed by atoms with Crippen LogP contribution in [0.4, 0.5) is 17.1 Å². The number of hydrogen-bond donors (Lipinski definition) is 2. The van der Waals surface area contributed by atoms with Crippen molar-refractivity contribution >= 4 is 52.1 Å². The number of methoxy groups -OCH3 is 1. The lowest BCUT2D eigenvalue weighted by molar-refractivity contribution is 0.0951. The van der Waals surface area contributed by atoms with E-state index in [1.807, 2.05) is 44.4 Å². The van der Waals surface area contributed by atoms with Crippen molar-refractivity contribution in [1.29, 1.82) is 0 Å². The Labute approximate surface area is 245 Å². The van der Waals surface area contributed by atoms with E-state index in [1.165, 1.54) is 6.07 Å². The molecule has 212 valence electrons. The maximum atomic E-state index is 13.4. The minimum atomic E-state index is -0.378. The van der Waals surface area contributed by atoms with Gasteiger partial charge >= 0.3 is 0 Å². The second kappa shape index (κ2) is 13.7. The first-order chi connectivity index (χ1) is 19.3. The normalized spacial score (nSPS) is 13.3. The van der Waals surface area contributed by atoms with Gasteiger partial charge < -0.3 is 30.1 Å². The molecule has 3 aromatic rings. The average molecular weight is 585 g/mol. The van der Waals surface area contributed by atoms with Gasteiger partial charge in [-0.25, -0.2) is 0 Å². The third-order valence-corrected chi connectivity index (χ3v) is 7.34. The first kappa shape index (κ1) is 29.5. The van der Waals surface area contributed by atoms with Gasteiger partial charge in [0.1, 0.15) is 5.75 Å². The number of hydrogen-bond acceptors (Lipinski definition) is 6. The van der Waals surface area contributed by atoms with Crippen molar-refractivity contribution < 1.29 is 14.3 Å². The second-order valence-electron chi connectivity index (χ2n) is 9.87. The van der Waals surface area contributed by atoms with E-state index in [0.29, 0.717) is 28.4 Å². The summed E-state index contributed by atoms with van der Waals surface area (Å²) >= 11 is 12.2. The van der Waals surface area contributed by atoms with Crippen LogP contribution >= 0.6 is 23.2 Å². The molecule has 1 saturated heterocycles. The summed E-state index contributed by atoms with van der Waals surface area (Å²) in [5, 5.41) is 6.62. The van der Waals surface area contributed by atoms with Crippen LogP contribution in [0.15, 0.2) is 60.7 Å². The number of carbonyl (C=O) groups excluding carboxylic acids is 2. The summed E-state index contributed by atoms with van der Waals surface area (Å²) in [6.45, 7) is 4.43. The number of amides is 2. The zero-order valence-electron chi connectivity index (χ0n) is 23.0. The molecule has 4 rings (SSSR count). The van der Waals surface area contributed by atoms with E-state index < -0.39 is 0 Å². The molecule has 1 aliphatic rings. The quantitative estimate of drug-likeness (QED) is 0.317. The molecule has 2 N–H and O–H groups in total. The Kier molecular flexibility index (Phi) is 10.1. The molecule has 8 nitrogen and oxygen atoms in total. The molecule has 10 heteroatoms. The van der Waals surface area contributed by atoms with Gasteiger partial charge in [0.05, 0.1) is 28.9 Å². The summed E-state index contributed by atoms with van der Waals surface area (Å²) in [7, 11) is 5.69. The Morgan fingerprint density at radius 3 is 2.25 bits per heavy atom. The molecule has 3 aromatic carbocycles. The summed E-state index contributed by atoms with van der Waals surface area (Å²) in [6.07, 6.45) is 0.831. The molecule has 1 fully saturated rings. The molecular formula is C30H35Cl2N5O3. The van der Waals surface area contributed by atoms with Gasteiger partial charge in [-0.3, -0.25) is 9.59 Å². The molecular weight excluding hydrogens is 549 g/mol. The van der Waals surface area contributed by atoms with Crippen molar-refractivity contribution in [1.82, 2.24) is 10.2 Å². The van der Waals surface area contributed by atoms with Crippen LogP contribution in [0.1, 0.15) is 27.1 Å². The number of carbonyl (C=O) groups is 2. The molecule has 0 saturated carbocycles. The van der Waals surface area contributed by atoms with Crippen molar-refractivity contribution in [2.75, 3.05) is 75.6 Å². The van der Waals surface area contributed by atoms with Crippen LogP contribution in [0.25, 0.3) is 0 Å². The number of nitrogens with zero attached hydrogens (tertiary/aromatic N) is 3.